The Kier molecular flexibility index (Phi) is 6.64. The van der Waals surface area contributed by atoms with Gasteiger partial charge in [-0.25, -0.2) is 0 Å². The molecule has 0 aliphatic rings. The molecule has 1 rings (SSSR count). The van der Waals surface area contributed by atoms with Gasteiger partial charge in [-0.15, -0.1) is 0 Å². The second-order valence-corrected chi connectivity index (χ2v) is 4.64. The van der Waals surface area contributed by atoms with Crippen LogP contribution >= 0.6 is 0 Å². The molecule has 0 spiro atoms. The summed E-state index contributed by atoms with van der Waals surface area (Å²) in [5.41, 5.74) is 2.12. The maximum Gasteiger partial charge on any atom is 0.239 e. The third-order valence-corrected chi connectivity index (χ3v) is 2.78. The molecule has 0 saturated carbocycles. The molecule has 0 saturated heterocycles. The fourth-order valence-corrected chi connectivity index (χ4v) is 1.60. The van der Waals surface area contributed by atoms with Crippen LogP contribution in [0.5, 0.6) is 0 Å². The summed E-state index contributed by atoms with van der Waals surface area (Å²) in [5, 5.41) is 5.38. The van der Waals surface area contributed by atoms with E-state index < -0.39 is 0 Å². The zero-order valence-corrected chi connectivity index (χ0v) is 11.7. The maximum atomic E-state index is 11.6. The number of carbonyl (C=O) groups is 2. The number of unbranched alkanes of at least 4 members (excludes halogenated alkanes) is 1. The van der Waals surface area contributed by atoms with Gasteiger partial charge in [0.1, 0.15) is 0 Å². The van der Waals surface area contributed by atoms with Crippen LogP contribution in [0.25, 0.3) is 0 Å². The Balaban J connectivity index is 2.24. The molecule has 1 aromatic carbocycles. The molecule has 0 unspecified atom stereocenters. The fourth-order valence-electron chi connectivity index (χ4n) is 1.60. The molecule has 0 bridgehead atoms. The molecule has 0 fully saturated rings. The monoisotopic (exact) mass is 262 g/mol. The van der Waals surface area contributed by atoms with Crippen LogP contribution in [0.3, 0.4) is 0 Å². The number of amides is 2. The second-order valence-electron chi connectivity index (χ2n) is 4.64. The Hall–Kier alpha value is -1.84. The van der Waals surface area contributed by atoms with Crippen LogP contribution in [0.1, 0.15) is 30.9 Å². The summed E-state index contributed by atoms with van der Waals surface area (Å²) in [6.07, 6.45) is 2.31. The van der Waals surface area contributed by atoms with Crippen molar-refractivity contribution in [3.8, 4) is 0 Å². The molecule has 2 N–H and O–H groups in total. The smallest absolute Gasteiger partial charge is 0.239 e. The molecule has 1 aromatic rings. The van der Waals surface area contributed by atoms with E-state index in [-0.39, 0.29) is 18.4 Å². The largest absolute Gasteiger partial charge is 0.355 e. The molecule has 4 heteroatoms. The highest BCUT2D eigenvalue weighted by Crippen LogP contribution is 2.03. The summed E-state index contributed by atoms with van der Waals surface area (Å²) in [7, 11) is 0. The Morgan fingerprint density at radius 1 is 1.05 bits per heavy atom. The Labute approximate surface area is 114 Å². The van der Waals surface area contributed by atoms with Crippen molar-refractivity contribution in [2.75, 3.05) is 13.1 Å². The molecular weight excluding hydrogens is 240 g/mol. The van der Waals surface area contributed by atoms with E-state index in [1.165, 1.54) is 5.56 Å². The van der Waals surface area contributed by atoms with Crippen LogP contribution in [0.15, 0.2) is 24.3 Å². The van der Waals surface area contributed by atoms with Crippen molar-refractivity contribution >= 4 is 11.8 Å². The lowest BCUT2D eigenvalue weighted by atomic mass is 10.1. The highest BCUT2D eigenvalue weighted by atomic mass is 16.2. The third kappa shape index (κ3) is 6.60. The van der Waals surface area contributed by atoms with Crippen molar-refractivity contribution in [2.24, 2.45) is 0 Å². The van der Waals surface area contributed by atoms with Gasteiger partial charge >= 0.3 is 0 Å². The van der Waals surface area contributed by atoms with Crippen LogP contribution < -0.4 is 10.6 Å². The lowest BCUT2D eigenvalue weighted by molar-refractivity contribution is -0.125. The van der Waals surface area contributed by atoms with Gasteiger partial charge in [-0.2, -0.15) is 0 Å². The van der Waals surface area contributed by atoms with Gasteiger partial charge in [0, 0.05) is 6.54 Å². The minimum Gasteiger partial charge on any atom is -0.355 e. The molecule has 19 heavy (non-hydrogen) atoms. The van der Waals surface area contributed by atoms with Gasteiger partial charge in [0.15, 0.2) is 0 Å². The van der Waals surface area contributed by atoms with Crippen molar-refractivity contribution in [3.63, 3.8) is 0 Å². The third-order valence-electron chi connectivity index (χ3n) is 2.78. The highest BCUT2D eigenvalue weighted by Gasteiger charge is 2.05. The molecule has 104 valence electrons. The number of hydrogen-bond acceptors (Lipinski definition) is 2. The molecule has 0 atom stereocenters. The number of carbonyl (C=O) groups excluding carboxylic acids is 2. The van der Waals surface area contributed by atoms with Crippen molar-refractivity contribution in [3.05, 3.63) is 35.4 Å². The van der Waals surface area contributed by atoms with Gasteiger partial charge in [0.2, 0.25) is 11.8 Å². The maximum absolute atomic E-state index is 11.6. The average Bonchev–Trinajstić information content (AvgIpc) is 2.39. The topological polar surface area (TPSA) is 58.2 Å². The number of aryl methyl sites for hydroxylation is 1. The van der Waals surface area contributed by atoms with Crippen molar-refractivity contribution < 1.29 is 9.59 Å². The summed E-state index contributed by atoms with van der Waals surface area (Å²) < 4.78 is 0. The van der Waals surface area contributed by atoms with Gasteiger partial charge in [-0.05, 0) is 18.9 Å². The summed E-state index contributed by atoms with van der Waals surface area (Å²) in [5.74, 6) is -0.264. The highest BCUT2D eigenvalue weighted by molar-refractivity contribution is 5.85. The molecule has 0 heterocycles. The van der Waals surface area contributed by atoms with Crippen LogP contribution in [-0.2, 0) is 16.0 Å². The number of rotatable bonds is 7. The van der Waals surface area contributed by atoms with E-state index in [0.29, 0.717) is 13.0 Å². The van der Waals surface area contributed by atoms with E-state index in [9.17, 15) is 9.59 Å². The van der Waals surface area contributed by atoms with Crippen LogP contribution in [-0.4, -0.2) is 24.9 Å². The summed E-state index contributed by atoms with van der Waals surface area (Å²) in [6, 6.07) is 7.80. The van der Waals surface area contributed by atoms with Gasteiger partial charge in [-0.3, -0.25) is 9.59 Å². The first-order chi connectivity index (χ1) is 9.11. The molecule has 0 radical (unpaired) electrons. The number of benzene rings is 1. The van der Waals surface area contributed by atoms with Crippen LogP contribution in [0, 0.1) is 6.92 Å². The Morgan fingerprint density at radius 2 is 1.74 bits per heavy atom. The van der Waals surface area contributed by atoms with E-state index in [1.54, 1.807) is 0 Å². The first-order valence-electron chi connectivity index (χ1n) is 6.70. The van der Waals surface area contributed by atoms with E-state index in [2.05, 4.69) is 17.6 Å². The van der Waals surface area contributed by atoms with E-state index in [4.69, 9.17) is 0 Å². The summed E-state index contributed by atoms with van der Waals surface area (Å²) in [6.45, 7) is 4.79. The lowest BCUT2D eigenvalue weighted by Gasteiger charge is -2.06. The quantitative estimate of drug-likeness (QED) is 0.733. The predicted octanol–water partition coefficient (Wildman–Crippen LogP) is 1.57. The molecule has 0 aliphatic carbocycles. The van der Waals surface area contributed by atoms with Gasteiger partial charge in [0.05, 0.1) is 13.0 Å². The number of hydrogen-bond donors (Lipinski definition) is 2. The molecule has 0 aliphatic heterocycles. The summed E-state index contributed by atoms with van der Waals surface area (Å²) >= 11 is 0. The van der Waals surface area contributed by atoms with E-state index in [0.717, 1.165) is 18.4 Å². The average molecular weight is 262 g/mol. The fraction of sp³-hybridized carbons (Fsp3) is 0.467. The Bertz CT molecular complexity index is 413. The van der Waals surface area contributed by atoms with Gasteiger partial charge < -0.3 is 10.6 Å². The number of nitrogens with one attached hydrogen (secondary N) is 2. The van der Waals surface area contributed by atoms with E-state index in [1.807, 2.05) is 31.2 Å². The van der Waals surface area contributed by atoms with E-state index >= 15 is 0 Å². The standard InChI is InChI=1S/C15H22N2O2/c1-3-4-9-16-15(19)11-17-14(18)10-13-7-5-12(2)6-8-13/h5-8H,3-4,9-11H2,1-2H3,(H,16,19)(H,17,18). The minimum atomic E-state index is -0.134. The predicted molar refractivity (Wildman–Crippen MR) is 75.8 cm³/mol. The van der Waals surface area contributed by atoms with Crippen LogP contribution in [0.2, 0.25) is 0 Å². The second kappa shape index (κ2) is 8.29. The van der Waals surface area contributed by atoms with Crippen molar-refractivity contribution in [2.45, 2.75) is 33.1 Å². The zero-order valence-electron chi connectivity index (χ0n) is 11.7. The first-order valence-corrected chi connectivity index (χ1v) is 6.70. The van der Waals surface area contributed by atoms with Crippen molar-refractivity contribution in [1.29, 1.82) is 0 Å². The molecule has 4 nitrogen and oxygen atoms in total. The summed E-state index contributed by atoms with van der Waals surface area (Å²) in [4.78, 5) is 23.0. The molecular formula is C15H22N2O2. The van der Waals surface area contributed by atoms with Crippen molar-refractivity contribution in [1.82, 2.24) is 10.6 Å². The Morgan fingerprint density at radius 3 is 2.37 bits per heavy atom. The van der Waals surface area contributed by atoms with Gasteiger partial charge in [0.25, 0.3) is 0 Å². The zero-order chi connectivity index (χ0) is 14.1. The normalized spacial score (nSPS) is 10.0. The molecule has 0 aromatic heterocycles. The lowest BCUT2D eigenvalue weighted by Crippen LogP contribution is -2.37. The minimum absolute atomic E-state index is 0.0500. The first kappa shape index (κ1) is 15.2. The van der Waals surface area contributed by atoms with Gasteiger partial charge in [-0.1, -0.05) is 43.2 Å². The SMILES string of the molecule is CCCCNC(=O)CNC(=O)Cc1ccc(C)cc1. The molecule has 2 amide bonds. The van der Waals surface area contributed by atoms with Crippen LogP contribution in [0.4, 0.5) is 0 Å².